The fourth-order valence-electron chi connectivity index (χ4n) is 8.83. The van der Waals surface area contributed by atoms with Crippen molar-refractivity contribution in [3.05, 3.63) is 36.3 Å². The highest BCUT2D eigenvalue weighted by atomic mass is 16.6. The average Bonchev–Trinajstić information content (AvgIpc) is 3.55. The molecule has 11 atom stereocenters. The Labute approximate surface area is 271 Å². The van der Waals surface area contributed by atoms with Gasteiger partial charge in [0.05, 0.1) is 42.6 Å². The van der Waals surface area contributed by atoms with E-state index in [2.05, 4.69) is 6.58 Å². The van der Waals surface area contributed by atoms with Gasteiger partial charge in [0.1, 0.15) is 23.6 Å². The van der Waals surface area contributed by atoms with Gasteiger partial charge in [-0.05, 0) is 37.5 Å². The van der Waals surface area contributed by atoms with Gasteiger partial charge < -0.3 is 37.9 Å². The number of ether oxygens (including phenoxy) is 6. The number of ketones is 1. The largest absolute Gasteiger partial charge is 0.469 e. The monoisotopic (exact) mass is 660 g/mol. The first-order valence-electron chi connectivity index (χ1n) is 15.2. The molecule has 4 fully saturated rings. The molecule has 2 aliphatic heterocycles. The number of rotatable bonds is 6. The van der Waals surface area contributed by atoms with Crippen LogP contribution in [0.4, 0.5) is 0 Å². The van der Waals surface area contributed by atoms with Gasteiger partial charge in [-0.25, -0.2) is 4.79 Å². The Morgan fingerprint density at radius 1 is 0.979 bits per heavy atom. The minimum Gasteiger partial charge on any atom is -0.469 e. The van der Waals surface area contributed by atoms with E-state index in [9.17, 15) is 29.1 Å². The van der Waals surface area contributed by atoms with Gasteiger partial charge in [-0.1, -0.05) is 20.4 Å². The molecular formula is C33H40O14. The summed E-state index contributed by atoms with van der Waals surface area (Å²) in [6.07, 6.45) is -8.37. The van der Waals surface area contributed by atoms with Crippen molar-refractivity contribution in [3.63, 3.8) is 0 Å². The van der Waals surface area contributed by atoms with Crippen LogP contribution in [-0.4, -0.2) is 84.0 Å². The maximum Gasteiger partial charge on any atom is 0.351 e. The number of Topliss-reactive ketones (excluding diaryl/α,β-unsaturated/α-hetero) is 1. The fraction of sp³-hybridized carbons (Fsp3) is 0.636. The van der Waals surface area contributed by atoms with Gasteiger partial charge in [0.2, 0.25) is 6.10 Å². The Bertz CT molecular complexity index is 1530. The van der Waals surface area contributed by atoms with Gasteiger partial charge in [-0.3, -0.25) is 24.0 Å². The van der Waals surface area contributed by atoms with Crippen LogP contribution < -0.4 is 0 Å². The fourth-order valence-corrected chi connectivity index (χ4v) is 8.83. The third-order valence-corrected chi connectivity index (χ3v) is 10.9. The number of aliphatic hydroxyl groups is 1. The third kappa shape index (κ3) is 4.58. The van der Waals surface area contributed by atoms with Crippen LogP contribution >= 0.6 is 0 Å². The second-order valence-corrected chi connectivity index (χ2v) is 13.7. The van der Waals surface area contributed by atoms with Crippen molar-refractivity contribution in [2.24, 2.45) is 28.1 Å². The normalized spacial score (nSPS) is 40.2. The minimum atomic E-state index is -2.20. The molecule has 2 saturated heterocycles. The molecule has 0 aromatic carbocycles. The van der Waals surface area contributed by atoms with Crippen molar-refractivity contribution in [1.82, 2.24) is 0 Å². The Kier molecular flexibility index (Phi) is 8.24. The number of hydrogen-bond donors (Lipinski definition) is 1. The van der Waals surface area contributed by atoms with E-state index in [-0.39, 0.29) is 17.8 Å². The molecule has 1 spiro atoms. The summed E-state index contributed by atoms with van der Waals surface area (Å²) >= 11 is 0. The molecular weight excluding hydrogens is 620 g/mol. The predicted molar refractivity (Wildman–Crippen MR) is 156 cm³/mol. The molecule has 3 heterocycles. The maximum absolute atomic E-state index is 15.2. The highest BCUT2D eigenvalue weighted by molar-refractivity contribution is 5.95. The molecule has 2 aliphatic carbocycles. The Morgan fingerprint density at radius 2 is 1.60 bits per heavy atom. The molecule has 2 bridgehead atoms. The molecule has 1 aromatic heterocycles. The summed E-state index contributed by atoms with van der Waals surface area (Å²) in [5.41, 5.74) is -7.16. The van der Waals surface area contributed by atoms with Crippen LogP contribution in [-0.2, 0) is 57.2 Å². The van der Waals surface area contributed by atoms with Crippen LogP contribution in [0.3, 0.4) is 0 Å². The van der Waals surface area contributed by atoms with Crippen LogP contribution in [0.25, 0.3) is 0 Å². The zero-order valence-corrected chi connectivity index (χ0v) is 27.5. The molecule has 14 heteroatoms. The standard InChI is InChI=1S/C33H40O14/c1-14-21-23(38)31(7)19(13-20(37)41-9)30(5,6)26(44-16(3)35)22(43-15(2)34)27(31)47-33(14)28(45-17(4)36)29(40)46-25(18-11-10-12-42-18)32(33,8)24(21)39/h10-12,19,21-22,24-28,39H,1,13H2,2-9H3/t19-,21-,22-,24-,25-,26-,27-,28+,31-,32-,33+/m0/s1. The zero-order valence-electron chi connectivity index (χ0n) is 27.5. The SMILES string of the molecule is C=C1[C@H]2C(=O)[C@@]3(C)[C@@H](O[C@@]14[C@H](OC(C)=O)C(=O)O[C@@H](c1ccco1)[C@]4(C)[C@H]2O)[C@@H](OC(C)=O)[C@H](OC(C)=O)C(C)(C)[C@@H]3CC(=O)OC. The summed E-state index contributed by atoms with van der Waals surface area (Å²) in [6.45, 7) is 13.8. The molecule has 0 unspecified atom stereocenters. The van der Waals surface area contributed by atoms with Crippen molar-refractivity contribution in [1.29, 1.82) is 0 Å². The van der Waals surface area contributed by atoms with Crippen molar-refractivity contribution < 1.29 is 66.7 Å². The van der Waals surface area contributed by atoms with Crippen LogP contribution in [0.15, 0.2) is 35.0 Å². The molecule has 5 rings (SSSR count). The molecule has 2 saturated carbocycles. The van der Waals surface area contributed by atoms with E-state index in [1.165, 1.54) is 39.4 Å². The molecule has 47 heavy (non-hydrogen) atoms. The third-order valence-electron chi connectivity index (χ3n) is 10.9. The highest BCUT2D eigenvalue weighted by Gasteiger charge is 2.83. The molecule has 14 nitrogen and oxygen atoms in total. The quantitative estimate of drug-likeness (QED) is 0.265. The van der Waals surface area contributed by atoms with Gasteiger partial charge >= 0.3 is 29.8 Å². The highest BCUT2D eigenvalue weighted by Crippen LogP contribution is 2.70. The van der Waals surface area contributed by atoms with E-state index >= 15 is 4.79 Å². The van der Waals surface area contributed by atoms with E-state index in [1.807, 2.05) is 0 Å². The lowest BCUT2D eigenvalue weighted by atomic mass is 9.49. The number of cyclic esters (lactones) is 1. The summed E-state index contributed by atoms with van der Waals surface area (Å²) in [6, 6.07) is 3.05. The number of methoxy groups -OCH3 is 1. The summed E-state index contributed by atoms with van der Waals surface area (Å²) in [7, 11) is 1.18. The lowest BCUT2D eigenvalue weighted by Crippen LogP contribution is -2.74. The first kappa shape index (κ1) is 34.3. The second kappa shape index (κ2) is 11.3. The van der Waals surface area contributed by atoms with E-state index in [0.29, 0.717) is 0 Å². The van der Waals surface area contributed by atoms with Crippen molar-refractivity contribution in [2.75, 3.05) is 7.11 Å². The smallest absolute Gasteiger partial charge is 0.351 e. The number of aliphatic hydroxyl groups excluding tert-OH is 1. The number of carbonyl (C=O) groups is 6. The Hall–Kier alpha value is -4.04. The maximum atomic E-state index is 15.2. The summed E-state index contributed by atoms with van der Waals surface area (Å²) in [5.74, 6) is -7.29. The van der Waals surface area contributed by atoms with E-state index in [4.69, 9.17) is 32.8 Å². The van der Waals surface area contributed by atoms with Gasteiger partial charge in [0, 0.05) is 26.2 Å². The van der Waals surface area contributed by atoms with Crippen molar-refractivity contribution in [2.45, 2.75) is 97.1 Å². The van der Waals surface area contributed by atoms with E-state index in [1.54, 1.807) is 13.8 Å². The number of esters is 5. The molecule has 4 aliphatic rings. The Morgan fingerprint density at radius 3 is 2.13 bits per heavy atom. The van der Waals surface area contributed by atoms with E-state index < -0.39 is 106 Å². The zero-order chi connectivity index (χ0) is 35.0. The number of fused-ring (bicyclic) bond motifs is 2. The van der Waals surface area contributed by atoms with Crippen molar-refractivity contribution >= 4 is 35.6 Å². The molecule has 1 aromatic rings. The molecule has 0 radical (unpaired) electrons. The van der Waals surface area contributed by atoms with Crippen LogP contribution in [0, 0.1) is 28.1 Å². The van der Waals surface area contributed by atoms with Crippen LogP contribution in [0.1, 0.15) is 66.8 Å². The lowest BCUT2D eigenvalue weighted by molar-refractivity contribution is -0.317. The van der Waals surface area contributed by atoms with Gasteiger partial charge in [0.15, 0.2) is 18.0 Å². The number of carbonyl (C=O) groups excluding carboxylic acids is 6. The summed E-state index contributed by atoms with van der Waals surface area (Å²) in [5, 5.41) is 12.3. The number of furan rings is 1. The van der Waals surface area contributed by atoms with Gasteiger partial charge in [-0.2, -0.15) is 0 Å². The Balaban J connectivity index is 1.86. The van der Waals surface area contributed by atoms with Gasteiger partial charge in [0.25, 0.3) is 0 Å². The average molecular weight is 661 g/mol. The summed E-state index contributed by atoms with van der Waals surface area (Å²) < 4.78 is 40.6. The molecule has 256 valence electrons. The lowest BCUT2D eigenvalue weighted by Gasteiger charge is -2.62. The number of hydrogen-bond acceptors (Lipinski definition) is 14. The van der Waals surface area contributed by atoms with Crippen LogP contribution in [0.2, 0.25) is 0 Å². The molecule has 1 N–H and O–H groups in total. The van der Waals surface area contributed by atoms with E-state index in [0.717, 1.165) is 20.8 Å². The predicted octanol–water partition coefficient (Wildman–Crippen LogP) is 2.16. The first-order chi connectivity index (χ1) is 21.8. The van der Waals surface area contributed by atoms with Crippen LogP contribution in [0.5, 0.6) is 0 Å². The molecule has 0 amide bonds. The van der Waals surface area contributed by atoms with Gasteiger partial charge in [-0.15, -0.1) is 0 Å². The minimum absolute atomic E-state index is 0.0900. The first-order valence-corrected chi connectivity index (χ1v) is 15.2. The topological polar surface area (TPSA) is 191 Å². The van der Waals surface area contributed by atoms with Crippen molar-refractivity contribution in [3.8, 4) is 0 Å². The summed E-state index contributed by atoms with van der Waals surface area (Å²) in [4.78, 5) is 79.9. The second-order valence-electron chi connectivity index (χ2n) is 13.7.